The fraction of sp³-hybridized carbons (Fsp3) is 0.182. The third-order valence-corrected chi connectivity index (χ3v) is 10.2. The van der Waals surface area contributed by atoms with Crippen molar-refractivity contribution in [1.82, 2.24) is 14.2 Å². The number of halogens is 1. The number of sulfonamides is 1. The minimum Gasteiger partial charge on any atom is -0.384 e. The first-order chi connectivity index (χ1) is 15.8. The lowest BCUT2D eigenvalue weighted by atomic mass is 10.1. The van der Waals surface area contributed by atoms with Gasteiger partial charge in [-0.2, -0.15) is 4.31 Å². The number of carbonyl (C=O) groups excluding carboxylic acids is 1. The van der Waals surface area contributed by atoms with Crippen LogP contribution in [0.15, 0.2) is 58.8 Å². The van der Waals surface area contributed by atoms with E-state index in [9.17, 15) is 13.2 Å². The summed E-state index contributed by atoms with van der Waals surface area (Å²) in [6.07, 6.45) is 0. The Morgan fingerprint density at radius 3 is 2.55 bits per heavy atom. The summed E-state index contributed by atoms with van der Waals surface area (Å²) in [5.74, 6) is 0.238. The van der Waals surface area contributed by atoms with Crippen molar-refractivity contribution in [3.05, 3.63) is 64.5 Å². The third-order valence-electron chi connectivity index (χ3n) is 5.42. The molecule has 0 spiro atoms. The van der Waals surface area contributed by atoms with Gasteiger partial charge in [-0.3, -0.25) is 4.79 Å². The molecule has 4 heterocycles. The van der Waals surface area contributed by atoms with Crippen LogP contribution in [0.1, 0.15) is 5.56 Å². The fourth-order valence-electron chi connectivity index (χ4n) is 3.73. The topological polar surface area (TPSA) is 96.6 Å². The van der Waals surface area contributed by atoms with Gasteiger partial charge < -0.3 is 10.6 Å². The zero-order valence-corrected chi connectivity index (χ0v) is 20.5. The van der Waals surface area contributed by atoms with Crippen molar-refractivity contribution < 1.29 is 13.2 Å². The Morgan fingerprint density at radius 2 is 1.79 bits per heavy atom. The normalized spacial score (nSPS) is 15.4. The van der Waals surface area contributed by atoms with Gasteiger partial charge in [0.15, 0.2) is 0 Å². The van der Waals surface area contributed by atoms with Crippen LogP contribution in [0.3, 0.4) is 0 Å². The van der Waals surface area contributed by atoms with Crippen LogP contribution >= 0.6 is 34.3 Å². The average Bonchev–Trinajstić information content (AvgIpc) is 3.45. The monoisotopic (exact) mass is 518 g/mol. The number of aromatic nitrogens is 1. The van der Waals surface area contributed by atoms with Crippen LogP contribution in [0.2, 0.25) is 4.34 Å². The molecular formula is C22H19ClN4O3S3. The number of rotatable bonds is 5. The number of benzene rings is 1. The minimum absolute atomic E-state index is 0.175. The summed E-state index contributed by atoms with van der Waals surface area (Å²) in [4.78, 5) is 20.5. The van der Waals surface area contributed by atoms with E-state index in [2.05, 4.69) is 4.98 Å². The molecule has 11 heteroatoms. The molecule has 7 nitrogen and oxygen atoms in total. The Kier molecular flexibility index (Phi) is 5.87. The van der Waals surface area contributed by atoms with Gasteiger partial charge >= 0.3 is 0 Å². The molecule has 1 amide bonds. The Bertz CT molecular complexity index is 1460. The molecule has 0 bridgehead atoms. The number of fused-ring (bicyclic) bond motifs is 1. The van der Waals surface area contributed by atoms with E-state index in [0.29, 0.717) is 23.2 Å². The van der Waals surface area contributed by atoms with Gasteiger partial charge in [-0.05, 0) is 54.1 Å². The molecule has 0 atom stereocenters. The number of nitrogens with zero attached hydrogens (tertiary/aromatic N) is 3. The molecule has 0 radical (unpaired) electrons. The highest BCUT2D eigenvalue weighted by Gasteiger charge is 2.33. The van der Waals surface area contributed by atoms with E-state index in [0.717, 1.165) is 26.2 Å². The summed E-state index contributed by atoms with van der Waals surface area (Å²) < 4.78 is 28.4. The molecule has 1 aliphatic rings. The van der Waals surface area contributed by atoms with Crippen LogP contribution < -0.4 is 5.73 Å². The summed E-state index contributed by atoms with van der Waals surface area (Å²) >= 11 is 8.59. The molecule has 1 aromatic carbocycles. The van der Waals surface area contributed by atoms with Gasteiger partial charge in [0.1, 0.15) is 10.0 Å². The second-order valence-corrected chi connectivity index (χ2v) is 12.6. The second kappa shape index (κ2) is 8.69. The van der Waals surface area contributed by atoms with Crippen molar-refractivity contribution in [1.29, 1.82) is 0 Å². The van der Waals surface area contributed by atoms with E-state index < -0.39 is 10.0 Å². The summed E-state index contributed by atoms with van der Waals surface area (Å²) in [7, 11) is -3.75. The van der Waals surface area contributed by atoms with Gasteiger partial charge in [0, 0.05) is 34.8 Å². The minimum atomic E-state index is -3.75. The maximum Gasteiger partial charge on any atom is 0.253 e. The zero-order chi connectivity index (χ0) is 23.2. The van der Waals surface area contributed by atoms with Crippen LogP contribution in [-0.4, -0.2) is 48.1 Å². The van der Waals surface area contributed by atoms with Crippen LogP contribution in [0.25, 0.3) is 20.7 Å². The molecule has 0 saturated carbocycles. The number of piperazine rings is 1. The first kappa shape index (κ1) is 22.3. The lowest BCUT2D eigenvalue weighted by Crippen LogP contribution is -2.51. The quantitative estimate of drug-likeness (QED) is 0.425. The van der Waals surface area contributed by atoms with E-state index in [1.807, 2.05) is 30.3 Å². The van der Waals surface area contributed by atoms with Gasteiger partial charge in [0.25, 0.3) is 10.0 Å². The number of carbonyl (C=O) groups is 1. The van der Waals surface area contributed by atoms with Crippen LogP contribution in [0.4, 0.5) is 5.82 Å². The maximum absolute atomic E-state index is 13.1. The van der Waals surface area contributed by atoms with Crippen molar-refractivity contribution in [3.8, 4) is 9.75 Å². The molecule has 5 rings (SSSR count). The molecule has 1 aliphatic heterocycles. The summed E-state index contributed by atoms with van der Waals surface area (Å²) in [6.45, 7) is 0.814. The van der Waals surface area contributed by atoms with E-state index >= 15 is 0 Å². The van der Waals surface area contributed by atoms with Crippen molar-refractivity contribution in [3.63, 3.8) is 0 Å². The number of nitrogen functional groups attached to an aromatic ring is 1. The number of hydrogen-bond donors (Lipinski definition) is 1. The molecule has 33 heavy (non-hydrogen) atoms. The molecular weight excluding hydrogens is 500 g/mol. The lowest BCUT2D eigenvalue weighted by molar-refractivity contribution is -0.134. The Morgan fingerprint density at radius 1 is 1.00 bits per heavy atom. The smallest absolute Gasteiger partial charge is 0.253 e. The van der Waals surface area contributed by atoms with Crippen molar-refractivity contribution >= 4 is 66.9 Å². The third kappa shape index (κ3) is 4.49. The molecule has 2 N–H and O–H groups in total. The highest BCUT2D eigenvalue weighted by molar-refractivity contribution is 7.91. The van der Waals surface area contributed by atoms with Gasteiger partial charge in [-0.1, -0.05) is 17.7 Å². The zero-order valence-electron chi connectivity index (χ0n) is 17.3. The van der Waals surface area contributed by atoms with Gasteiger partial charge in [-0.25, -0.2) is 13.4 Å². The average molecular weight is 519 g/mol. The second-order valence-electron chi connectivity index (χ2n) is 7.64. The summed E-state index contributed by atoms with van der Waals surface area (Å²) in [5.41, 5.74) is 7.48. The molecule has 170 valence electrons. The Labute approximate surface area is 204 Å². The maximum atomic E-state index is 13.1. The van der Waals surface area contributed by atoms with Crippen LogP contribution in [0.5, 0.6) is 0 Å². The van der Waals surface area contributed by atoms with E-state index in [1.165, 1.54) is 27.0 Å². The first-order valence-electron chi connectivity index (χ1n) is 10.1. The number of pyridine rings is 1. The van der Waals surface area contributed by atoms with Crippen LogP contribution in [-0.2, 0) is 21.4 Å². The van der Waals surface area contributed by atoms with E-state index in [1.54, 1.807) is 29.2 Å². The largest absolute Gasteiger partial charge is 0.384 e. The van der Waals surface area contributed by atoms with Gasteiger partial charge in [0.05, 0.1) is 16.4 Å². The van der Waals surface area contributed by atoms with Crippen molar-refractivity contribution in [2.75, 3.05) is 25.4 Å². The fourth-order valence-corrected chi connectivity index (χ4v) is 7.71. The number of nitrogens with two attached hydrogens (primary N) is 1. The number of anilines is 1. The van der Waals surface area contributed by atoms with E-state index in [4.69, 9.17) is 17.3 Å². The van der Waals surface area contributed by atoms with Crippen LogP contribution in [0, 0.1) is 0 Å². The SMILES string of the molecule is Nc1ccc2cc(CN3CCN(S(=O)(=O)c4ccc(-c5ccc(Cl)s5)s4)CC3=O)ccc2n1. The highest BCUT2D eigenvalue weighted by Crippen LogP contribution is 2.37. The predicted molar refractivity (Wildman–Crippen MR) is 133 cm³/mol. The van der Waals surface area contributed by atoms with Crippen molar-refractivity contribution in [2.24, 2.45) is 0 Å². The lowest BCUT2D eigenvalue weighted by Gasteiger charge is -2.33. The van der Waals surface area contributed by atoms with Gasteiger partial charge in [0.2, 0.25) is 5.91 Å². The summed E-state index contributed by atoms with van der Waals surface area (Å²) in [5, 5.41) is 0.941. The van der Waals surface area contributed by atoms with E-state index in [-0.39, 0.29) is 23.2 Å². The molecule has 1 fully saturated rings. The molecule has 4 aromatic rings. The number of amides is 1. The Hall–Kier alpha value is -2.50. The number of thiophene rings is 2. The predicted octanol–water partition coefficient (Wildman–Crippen LogP) is 4.29. The highest BCUT2D eigenvalue weighted by atomic mass is 35.5. The standard InChI is InChI=1S/C22H19ClN4O3S3/c23-19-6-4-17(31-19)18-5-8-22(32-18)33(29,30)27-10-9-26(21(28)13-27)12-14-1-3-16-15(11-14)2-7-20(24)25-16/h1-8,11H,9-10,12-13H2,(H2,24,25). The van der Waals surface area contributed by atoms with Gasteiger partial charge in [-0.15, -0.1) is 22.7 Å². The number of hydrogen-bond acceptors (Lipinski definition) is 7. The van der Waals surface area contributed by atoms with Crippen molar-refractivity contribution in [2.45, 2.75) is 10.8 Å². The first-order valence-corrected chi connectivity index (χ1v) is 13.5. The molecule has 0 aliphatic carbocycles. The molecule has 1 saturated heterocycles. The Balaban J connectivity index is 1.28. The molecule has 0 unspecified atom stereocenters. The molecule has 3 aromatic heterocycles. The summed E-state index contributed by atoms with van der Waals surface area (Å²) in [6, 6.07) is 16.4.